The van der Waals surface area contributed by atoms with E-state index in [4.69, 9.17) is 4.99 Å². The SMILES string of the molecule is C=N/C(=C\C=C(/C)N1CCN(C(=Nc2ccccc2SC)NC#N)C(C(C)C)C1)c1ccccc1. The molecule has 2 aromatic rings. The zero-order valence-corrected chi connectivity index (χ0v) is 21.8. The van der Waals surface area contributed by atoms with E-state index in [9.17, 15) is 5.26 Å². The Morgan fingerprint density at radius 2 is 1.86 bits per heavy atom. The molecule has 2 aromatic carbocycles. The first-order valence-corrected chi connectivity index (χ1v) is 13.0. The zero-order chi connectivity index (χ0) is 25.2. The summed E-state index contributed by atoms with van der Waals surface area (Å²) in [5, 5.41) is 12.3. The molecule has 0 bridgehead atoms. The summed E-state index contributed by atoms with van der Waals surface area (Å²) in [4.78, 5) is 14.8. The predicted octanol–water partition coefficient (Wildman–Crippen LogP) is 5.75. The van der Waals surface area contributed by atoms with Crippen LogP contribution in [0.3, 0.4) is 0 Å². The first kappa shape index (κ1) is 26.1. The second kappa shape index (κ2) is 12.8. The molecule has 0 aliphatic carbocycles. The van der Waals surface area contributed by atoms with Gasteiger partial charge in [-0.25, -0.2) is 4.99 Å². The quantitative estimate of drug-likeness (QED) is 0.135. The molecule has 35 heavy (non-hydrogen) atoms. The molecule has 182 valence electrons. The van der Waals surface area contributed by atoms with Crippen molar-refractivity contribution in [2.45, 2.75) is 31.7 Å². The minimum Gasteiger partial charge on any atom is -0.371 e. The molecule has 1 aliphatic rings. The molecule has 6 nitrogen and oxygen atoms in total. The first-order chi connectivity index (χ1) is 17.0. The highest BCUT2D eigenvalue weighted by Gasteiger charge is 2.31. The standard InChI is InChI=1S/C28H34N6S/c1-21(2)26-19-33(22(3)15-16-24(30-4)23-11-7-6-8-12-23)17-18-34(26)28(31-20-29)32-25-13-9-10-14-27(25)35-5/h6-16,21,26H,4,17-19H2,1-3,5H3,(H,31,32)/b22-15+,24-16-. The van der Waals surface area contributed by atoms with E-state index >= 15 is 0 Å². The monoisotopic (exact) mass is 486 g/mol. The van der Waals surface area contributed by atoms with Crippen LogP contribution in [0.4, 0.5) is 5.69 Å². The van der Waals surface area contributed by atoms with Crippen molar-refractivity contribution in [2.75, 3.05) is 25.9 Å². The van der Waals surface area contributed by atoms with Gasteiger partial charge in [-0.05, 0) is 50.1 Å². The van der Waals surface area contributed by atoms with Gasteiger partial charge in [0.25, 0.3) is 0 Å². The van der Waals surface area contributed by atoms with Gasteiger partial charge >= 0.3 is 0 Å². The first-order valence-electron chi connectivity index (χ1n) is 11.8. The minimum atomic E-state index is 0.197. The molecule has 1 aliphatic heterocycles. The Bertz CT molecular complexity index is 1130. The van der Waals surface area contributed by atoms with Crippen LogP contribution in [0.15, 0.2) is 87.3 Å². The van der Waals surface area contributed by atoms with Crippen LogP contribution in [0.2, 0.25) is 0 Å². The Morgan fingerprint density at radius 1 is 1.14 bits per heavy atom. The normalized spacial score (nSPS) is 17.4. The lowest BCUT2D eigenvalue weighted by Gasteiger charge is -2.45. The van der Waals surface area contributed by atoms with E-state index in [1.165, 1.54) is 5.70 Å². The third-order valence-electron chi connectivity index (χ3n) is 6.16. The molecule has 1 saturated heterocycles. The van der Waals surface area contributed by atoms with E-state index in [1.807, 2.05) is 60.9 Å². The van der Waals surface area contributed by atoms with Crippen molar-refractivity contribution in [3.63, 3.8) is 0 Å². The van der Waals surface area contributed by atoms with E-state index in [0.717, 1.165) is 41.5 Å². The number of hydrogen-bond acceptors (Lipinski definition) is 5. The Kier molecular flexibility index (Phi) is 9.56. The molecular weight excluding hydrogens is 452 g/mol. The predicted molar refractivity (Wildman–Crippen MR) is 149 cm³/mol. The largest absolute Gasteiger partial charge is 0.371 e. The van der Waals surface area contributed by atoms with Gasteiger partial charge < -0.3 is 9.80 Å². The average molecular weight is 487 g/mol. The Balaban J connectivity index is 1.84. The van der Waals surface area contributed by atoms with E-state index in [-0.39, 0.29) is 6.04 Å². The van der Waals surface area contributed by atoms with Gasteiger partial charge in [-0.2, -0.15) is 5.26 Å². The van der Waals surface area contributed by atoms with Gasteiger partial charge in [0, 0.05) is 35.8 Å². The topological polar surface area (TPSA) is 67.0 Å². The number of thioether (sulfide) groups is 1. The third-order valence-corrected chi connectivity index (χ3v) is 6.95. The lowest BCUT2D eigenvalue weighted by molar-refractivity contribution is 0.122. The van der Waals surface area contributed by atoms with Crippen molar-refractivity contribution in [2.24, 2.45) is 15.9 Å². The number of guanidine groups is 1. The van der Waals surface area contributed by atoms with Gasteiger partial charge in [0.15, 0.2) is 6.19 Å². The van der Waals surface area contributed by atoms with Crippen LogP contribution in [0.1, 0.15) is 26.3 Å². The second-order valence-corrected chi connectivity index (χ2v) is 9.53. The van der Waals surface area contributed by atoms with Crippen LogP contribution in [-0.4, -0.2) is 54.4 Å². The molecule has 1 fully saturated rings. The number of aliphatic imine (C=N–C) groups is 2. The Labute approximate surface area is 213 Å². The average Bonchev–Trinajstić information content (AvgIpc) is 2.89. The highest BCUT2D eigenvalue weighted by molar-refractivity contribution is 7.98. The lowest BCUT2D eigenvalue weighted by Crippen LogP contribution is -2.58. The van der Waals surface area contributed by atoms with Crippen molar-refractivity contribution in [3.05, 3.63) is 78.0 Å². The fourth-order valence-electron chi connectivity index (χ4n) is 4.17. The molecule has 1 atom stereocenters. The summed E-state index contributed by atoms with van der Waals surface area (Å²) in [5.41, 5.74) is 3.94. The summed E-state index contributed by atoms with van der Waals surface area (Å²) >= 11 is 1.65. The fraction of sp³-hybridized carbons (Fsp3) is 0.321. The van der Waals surface area contributed by atoms with Crippen LogP contribution in [-0.2, 0) is 0 Å². The Hall–Kier alpha value is -3.50. The number of nitrogens with zero attached hydrogens (tertiary/aromatic N) is 5. The van der Waals surface area contributed by atoms with E-state index in [2.05, 4.69) is 65.9 Å². The number of rotatable bonds is 7. The number of nitrogens with one attached hydrogen (secondary N) is 1. The maximum absolute atomic E-state index is 9.46. The number of hydrogen-bond donors (Lipinski definition) is 1. The highest BCUT2D eigenvalue weighted by Crippen LogP contribution is 2.29. The lowest BCUT2D eigenvalue weighted by atomic mass is 9.99. The number of allylic oxidation sites excluding steroid dienone is 3. The molecule has 0 radical (unpaired) electrons. The molecule has 3 rings (SSSR count). The van der Waals surface area contributed by atoms with Crippen LogP contribution in [0.5, 0.6) is 0 Å². The van der Waals surface area contributed by atoms with Crippen LogP contribution < -0.4 is 5.32 Å². The molecule has 1 unspecified atom stereocenters. The summed E-state index contributed by atoms with van der Waals surface area (Å²) in [6.07, 6.45) is 8.27. The summed E-state index contributed by atoms with van der Waals surface area (Å²) in [6.45, 7) is 12.7. The Morgan fingerprint density at radius 3 is 2.51 bits per heavy atom. The second-order valence-electron chi connectivity index (χ2n) is 8.68. The summed E-state index contributed by atoms with van der Waals surface area (Å²) in [5.74, 6) is 0.980. The van der Waals surface area contributed by atoms with Crippen LogP contribution >= 0.6 is 11.8 Å². The van der Waals surface area contributed by atoms with Crippen molar-refractivity contribution >= 4 is 35.8 Å². The van der Waals surface area contributed by atoms with Gasteiger partial charge in [-0.1, -0.05) is 56.3 Å². The van der Waals surface area contributed by atoms with Gasteiger partial charge in [-0.3, -0.25) is 10.3 Å². The van der Waals surface area contributed by atoms with Crippen molar-refractivity contribution in [1.29, 1.82) is 5.26 Å². The van der Waals surface area contributed by atoms with Gasteiger partial charge in [0.2, 0.25) is 5.96 Å². The van der Waals surface area contributed by atoms with Crippen molar-refractivity contribution in [3.8, 4) is 6.19 Å². The molecule has 0 saturated carbocycles. The molecule has 1 N–H and O–H groups in total. The van der Waals surface area contributed by atoms with E-state index in [0.29, 0.717) is 11.9 Å². The van der Waals surface area contributed by atoms with Crippen molar-refractivity contribution in [1.82, 2.24) is 15.1 Å². The molecular formula is C28H34N6S. The maximum Gasteiger partial charge on any atom is 0.213 e. The van der Waals surface area contributed by atoms with Gasteiger partial charge in [0.1, 0.15) is 0 Å². The molecule has 7 heteroatoms. The molecule has 0 aromatic heterocycles. The van der Waals surface area contributed by atoms with Crippen molar-refractivity contribution < 1.29 is 0 Å². The third kappa shape index (κ3) is 6.77. The number of nitriles is 1. The van der Waals surface area contributed by atoms with Crippen LogP contribution in [0, 0.1) is 17.4 Å². The number of piperazine rings is 1. The molecule has 0 amide bonds. The fourth-order valence-corrected chi connectivity index (χ4v) is 4.71. The van der Waals surface area contributed by atoms with E-state index in [1.54, 1.807) is 11.8 Å². The summed E-state index contributed by atoms with van der Waals surface area (Å²) in [7, 11) is 0. The number of benzene rings is 2. The minimum absolute atomic E-state index is 0.197. The summed E-state index contributed by atoms with van der Waals surface area (Å²) < 4.78 is 0. The van der Waals surface area contributed by atoms with Crippen LogP contribution in [0.25, 0.3) is 5.70 Å². The molecule has 0 spiro atoms. The van der Waals surface area contributed by atoms with Gasteiger partial charge in [-0.15, -0.1) is 11.8 Å². The van der Waals surface area contributed by atoms with E-state index < -0.39 is 0 Å². The number of para-hydroxylation sites is 1. The highest BCUT2D eigenvalue weighted by atomic mass is 32.2. The zero-order valence-electron chi connectivity index (χ0n) is 21.0. The smallest absolute Gasteiger partial charge is 0.213 e. The van der Waals surface area contributed by atoms with Gasteiger partial charge in [0.05, 0.1) is 17.4 Å². The summed E-state index contributed by atoms with van der Waals surface area (Å²) in [6, 6.07) is 18.3. The molecule has 1 heterocycles. The maximum atomic E-state index is 9.46.